The van der Waals surface area contributed by atoms with Gasteiger partial charge in [-0.25, -0.2) is 4.68 Å². The van der Waals surface area contributed by atoms with Crippen molar-refractivity contribution in [2.24, 2.45) is 5.73 Å². The third-order valence-corrected chi connectivity index (χ3v) is 5.42. The zero-order chi connectivity index (χ0) is 20.3. The number of fused-ring (bicyclic) bond motifs is 1. The molecule has 3 rings (SSSR count). The molecule has 2 aromatic heterocycles. The van der Waals surface area contributed by atoms with Gasteiger partial charge >= 0.3 is 0 Å². The number of aromatic nitrogens is 4. The molecule has 2 amide bonds. The lowest BCUT2D eigenvalue weighted by Crippen LogP contribution is -2.32. The van der Waals surface area contributed by atoms with Gasteiger partial charge in [-0.15, -0.1) is 10.2 Å². The van der Waals surface area contributed by atoms with Crippen molar-refractivity contribution in [2.45, 2.75) is 39.2 Å². The summed E-state index contributed by atoms with van der Waals surface area (Å²) in [6.07, 6.45) is 1.87. The Labute approximate surface area is 164 Å². The Bertz CT molecular complexity index is 1090. The van der Waals surface area contributed by atoms with Gasteiger partial charge in [-0.1, -0.05) is 43.4 Å². The Hall–Kier alpha value is -3.14. The summed E-state index contributed by atoms with van der Waals surface area (Å²) in [5, 5.41) is 16.6. The Morgan fingerprint density at radius 3 is 2.50 bits per heavy atom. The maximum Gasteiger partial charge on any atom is 0.275 e. The molecule has 28 heavy (non-hydrogen) atoms. The van der Waals surface area contributed by atoms with E-state index in [-0.39, 0.29) is 17.6 Å². The fourth-order valence-electron chi connectivity index (χ4n) is 2.91. The molecule has 0 spiro atoms. The van der Waals surface area contributed by atoms with E-state index >= 15 is 0 Å². The van der Waals surface area contributed by atoms with E-state index in [9.17, 15) is 14.4 Å². The molecule has 10 heteroatoms. The third kappa shape index (κ3) is 3.91. The lowest BCUT2D eigenvalue weighted by Gasteiger charge is -2.09. The van der Waals surface area contributed by atoms with Crippen molar-refractivity contribution in [3.05, 3.63) is 45.3 Å². The molecule has 0 radical (unpaired) electrons. The zero-order valence-corrected chi connectivity index (χ0v) is 16.3. The van der Waals surface area contributed by atoms with Crippen LogP contribution in [-0.2, 0) is 11.3 Å². The smallest absolute Gasteiger partial charge is 0.275 e. The van der Waals surface area contributed by atoms with E-state index in [2.05, 4.69) is 34.5 Å². The highest BCUT2D eigenvalue weighted by molar-refractivity contribution is 7.15. The molecular weight excluding hydrogens is 380 g/mol. The summed E-state index contributed by atoms with van der Waals surface area (Å²) in [7, 11) is 0. The maximum absolute atomic E-state index is 12.6. The molecule has 0 aliphatic rings. The number of nitrogens with zero attached hydrogens (tertiary/aromatic N) is 4. The molecule has 0 unspecified atom stereocenters. The topological polar surface area (TPSA) is 133 Å². The SMILES string of the molecule is CCC(CC)c1nnc(NC(=O)Cn2nc(C(N)=O)c3ccccc3c2=O)s1. The van der Waals surface area contributed by atoms with E-state index in [1.54, 1.807) is 24.3 Å². The molecule has 0 aliphatic heterocycles. The van der Waals surface area contributed by atoms with Crippen LogP contribution in [0, 0.1) is 0 Å². The van der Waals surface area contributed by atoms with Crippen LogP contribution in [-0.4, -0.2) is 31.8 Å². The van der Waals surface area contributed by atoms with Gasteiger partial charge in [0.15, 0.2) is 5.69 Å². The first-order valence-electron chi connectivity index (χ1n) is 8.87. The molecule has 0 fully saturated rings. The number of hydrogen-bond acceptors (Lipinski definition) is 7. The number of anilines is 1. The van der Waals surface area contributed by atoms with Gasteiger partial charge in [0.2, 0.25) is 11.0 Å². The first-order valence-corrected chi connectivity index (χ1v) is 9.69. The minimum Gasteiger partial charge on any atom is -0.364 e. The summed E-state index contributed by atoms with van der Waals surface area (Å²) < 4.78 is 0.931. The number of nitrogens with one attached hydrogen (secondary N) is 1. The van der Waals surface area contributed by atoms with E-state index in [4.69, 9.17) is 5.73 Å². The summed E-state index contributed by atoms with van der Waals surface area (Å²) in [5.41, 5.74) is 4.84. The van der Waals surface area contributed by atoms with Crippen LogP contribution in [0.1, 0.15) is 48.1 Å². The molecule has 0 atom stereocenters. The fraction of sp³-hybridized carbons (Fsp3) is 0.333. The van der Waals surface area contributed by atoms with Crippen LogP contribution in [0.3, 0.4) is 0 Å². The summed E-state index contributed by atoms with van der Waals surface area (Å²) in [5.74, 6) is -0.970. The van der Waals surface area contributed by atoms with Gasteiger partial charge < -0.3 is 5.73 Å². The van der Waals surface area contributed by atoms with E-state index in [1.807, 2.05) is 0 Å². The van der Waals surface area contributed by atoms with Gasteiger partial charge in [-0.2, -0.15) is 5.10 Å². The highest BCUT2D eigenvalue weighted by Gasteiger charge is 2.18. The van der Waals surface area contributed by atoms with Crippen molar-refractivity contribution in [2.75, 3.05) is 5.32 Å². The summed E-state index contributed by atoms with van der Waals surface area (Å²) in [4.78, 5) is 36.7. The summed E-state index contributed by atoms with van der Waals surface area (Å²) >= 11 is 1.31. The molecule has 146 valence electrons. The number of benzene rings is 1. The summed E-state index contributed by atoms with van der Waals surface area (Å²) in [6.45, 7) is 3.77. The highest BCUT2D eigenvalue weighted by Crippen LogP contribution is 2.28. The maximum atomic E-state index is 12.6. The standard InChI is InChI=1S/C18H20N6O3S/c1-3-10(4-2)16-21-22-18(28-16)20-13(25)9-24-17(27)12-8-6-5-7-11(12)14(23-24)15(19)26/h5-8,10H,3-4,9H2,1-2H3,(H2,19,26)(H,20,22,25). The quantitative estimate of drug-likeness (QED) is 0.622. The van der Waals surface area contributed by atoms with Gasteiger partial charge in [-0.05, 0) is 18.9 Å². The Morgan fingerprint density at radius 2 is 1.86 bits per heavy atom. The van der Waals surface area contributed by atoms with E-state index < -0.39 is 17.4 Å². The van der Waals surface area contributed by atoms with Crippen molar-refractivity contribution in [1.82, 2.24) is 20.0 Å². The van der Waals surface area contributed by atoms with Crippen LogP contribution < -0.4 is 16.6 Å². The van der Waals surface area contributed by atoms with E-state index in [1.165, 1.54) is 11.3 Å². The van der Waals surface area contributed by atoms with Crippen molar-refractivity contribution in [1.29, 1.82) is 0 Å². The van der Waals surface area contributed by atoms with Gasteiger partial charge in [0.05, 0.1) is 5.39 Å². The molecule has 3 aromatic rings. The van der Waals surface area contributed by atoms with Crippen molar-refractivity contribution >= 4 is 39.1 Å². The second kappa shape index (κ2) is 8.26. The molecule has 9 nitrogen and oxygen atoms in total. The Balaban J connectivity index is 1.85. The second-order valence-corrected chi connectivity index (χ2v) is 7.24. The Kier molecular flexibility index (Phi) is 5.78. The molecule has 1 aromatic carbocycles. The Morgan fingerprint density at radius 1 is 1.18 bits per heavy atom. The molecule has 0 saturated carbocycles. The van der Waals surface area contributed by atoms with Crippen molar-refractivity contribution in [3.8, 4) is 0 Å². The summed E-state index contributed by atoms with van der Waals surface area (Å²) in [6, 6.07) is 6.50. The molecule has 0 saturated heterocycles. The van der Waals surface area contributed by atoms with Crippen LogP contribution >= 0.6 is 11.3 Å². The van der Waals surface area contributed by atoms with Crippen LogP contribution in [0.25, 0.3) is 10.8 Å². The van der Waals surface area contributed by atoms with Gasteiger partial charge in [0, 0.05) is 11.3 Å². The largest absolute Gasteiger partial charge is 0.364 e. The second-order valence-electron chi connectivity index (χ2n) is 6.23. The van der Waals surface area contributed by atoms with Crippen molar-refractivity contribution in [3.63, 3.8) is 0 Å². The lowest BCUT2D eigenvalue weighted by molar-refractivity contribution is -0.117. The molecular formula is C18H20N6O3S. The average Bonchev–Trinajstić information content (AvgIpc) is 3.13. The highest BCUT2D eigenvalue weighted by atomic mass is 32.1. The number of carbonyl (C=O) groups is 2. The number of rotatable bonds is 7. The van der Waals surface area contributed by atoms with Crippen LogP contribution in [0.4, 0.5) is 5.13 Å². The van der Waals surface area contributed by atoms with Crippen LogP contribution in [0.5, 0.6) is 0 Å². The zero-order valence-electron chi connectivity index (χ0n) is 15.5. The van der Waals surface area contributed by atoms with Crippen molar-refractivity contribution < 1.29 is 9.59 Å². The fourth-order valence-corrected chi connectivity index (χ4v) is 3.93. The number of nitrogens with two attached hydrogens (primary N) is 1. The van der Waals surface area contributed by atoms with Crippen LogP contribution in [0.2, 0.25) is 0 Å². The number of carbonyl (C=O) groups excluding carboxylic acids is 2. The molecule has 0 aliphatic carbocycles. The van der Waals surface area contributed by atoms with Gasteiger partial charge in [0.1, 0.15) is 11.6 Å². The molecule has 3 N–H and O–H groups in total. The number of hydrogen-bond donors (Lipinski definition) is 2. The first-order chi connectivity index (χ1) is 13.4. The normalized spacial score (nSPS) is 11.1. The van der Waals surface area contributed by atoms with E-state index in [0.29, 0.717) is 16.4 Å². The van der Waals surface area contributed by atoms with Gasteiger partial charge in [-0.3, -0.25) is 19.7 Å². The first kappa shape index (κ1) is 19.6. The van der Waals surface area contributed by atoms with Crippen LogP contribution in [0.15, 0.2) is 29.1 Å². The molecule has 0 bridgehead atoms. The minimum absolute atomic E-state index is 0.0602. The van der Waals surface area contributed by atoms with Gasteiger partial charge in [0.25, 0.3) is 11.5 Å². The number of primary amides is 1. The lowest BCUT2D eigenvalue weighted by atomic mass is 10.1. The van der Waals surface area contributed by atoms with E-state index in [0.717, 1.165) is 22.5 Å². The third-order valence-electron chi connectivity index (χ3n) is 4.42. The minimum atomic E-state index is -0.774. The predicted molar refractivity (Wildman–Crippen MR) is 106 cm³/mol. The molecule has 2 heterocycles. The predicted octanol–water partition coefficient (Wildman–Crippen LogP) is 1.89. The monoisotopic (exact) mass is 400 g/mol. The average molecular weight is 400 g/mol. The number of amides is 2.